The molecule has 0 atom stereocenters. The van der Waals surface area contributed by atoms with Gasteiger partial charge in [-0.3, -0.25) is 10.4 Å². The first-order valence-corrected chi connectivity index (χ1v) is 6.19. The number of rotatable bonds is 6. The number of methoxy groups -OCH3 is 1. The molecular formula is C15H17N3O2. The highest BCUT2D eigenvalue weighted by Crippen LogP contribution is 2.13. The predicted molar refractivity (Wildman–Crippen MR) is 76.7 cm³/mol. The van der Waals surface area contributed by atoms with Crippen LogP contribution in [0.3, 0.4) is 0 Å². The van der Waals surface area contributed by atoms with Gasteiger partial charge in [-0.15, -0.1) is 0 Å². The largest absolute Gasteiger partial charge is 0.497 e. The number of nitrogens with two attached hydrogens (primary N) is 1. The zero-order valence-electron chi connectivity index (χ0n) is 11.3. The number of nitrogen functional groups attached to an aromatic ring is 1. The molecule has 1 aromatic carbocycles. The number of hydrogen-bond donors (Lipinski definition) is 2. The summed E-state index contributed by atoms with van der Waals surface area (Å²) in [6.45, 7) is 0.852. The first-order valence-electron chi connectivity index (χ1n) is 6.19. The summed E-state index contributed by atoms with van der Waals surface area (Å²) in [5.41, 5.74) is 7.82. The molecule has 1 heterocycles. The van der Waals surface area contributed by atoms with Crippen LogP contribution in [0.25, 0.3) is 0 Å². The minimum Gasteiger partial charge on any atom is -0.497 e. The van der Waals surface area contributed by atoms with Crippen molar-refractivity contribution in [1.29, 1.82) is 5.41 Å². The molecule has 2 aromatic rings. The number of ether oxygens (including phenoxy) is 2. The molecule has 2 rings (SSSR count). The molecule has 0 fully saturated rings. The summed E-state index contributed by atoms with van der Waals surface area (Å²) in [4.78, 5) is 4.08. The quantitative estimate of drug-likeness (QED) is 0.622. The van der Waals surface area contributed by atoms with E-state index in [0.29, 0.717) is 18.9 Å². The second-order valence-corrected chi connectivity index (χ2v) is 4.27. The molecule has 1 aromatic heterocycles. The Morgan fingerprint density at radius 1 is 1.20 bits per heavy atom. The molecule has 5 heteroatoms. The van der Waals surface area contributed by atoms with Gasteiger partial charge < -0.3 is 15.2 Å². The molecule has 3 N–H and O–H groups in total. The Morgan fingerprint density at radius 2 is 1.95 bits per heavy atom. The first-order chi connectivity index (χ1) is 9.70. The molecule has 0 radical (unpaired) electrons. The van der Waals surface area contributed by atoms with E-state index in [2.05, 4.69) is 4.98 Å². The number of pyridine rings is 1. The number of nitrogens with one attached hydrogen (secondary N) is 1. The number of aromatic nitrogens is 1. The lowest BCUT2D eigenvalue weighted by Gasteiger charge is -2.08. The molecular weight excluding hydrogens is 254 g/mol. The van der Waals surface area contributed by atoms with E-state index in [9.17, 15) is 0 Å². The Labute approximate surface area is 117 Å². The van der Waals surface area contributed by atoms with E-state index in [4.69, 9.17) is 20.6 Å². The van der Waals surface area contributed by atoms with Gasteiger partial charge in [0, 0.05) is 11.8 Å². The van der Waals surface area contributed by atoms with Crippen LogP contribution in [0.5, 0.6) is 5.75 Å². The van der Waals surface area contributed by atoms with Gasteiger partial charge in [-0.05, 0) is 23.8 Å². The summed E-state index contributed by atoms with van der Waals surface area (Å²) >= 11 is 0. The fraction of sp³-hybridized carbons (Fsp3) is 0.200. The van der Waals surface area contributed by atoms with Crippen molar-refractivity contribution in [2.75, 3.05) is 7.11 Å². The molecule has 0 amide bonds. The van der Waals surface area contributed by atoms with E-state index < -0.39 is 0 Å². The first kappa shape index (κ1) is 14.0. The molecule has 0 aliphatic rings. The van der Waals surface area contributed by atoms with E-state index >= 15 is 0 Å². The zero-order valence-corrected chi connectivity index (χ0v) is 11.3. The Hall–Kier alpha value is -2.40. The van der Waals surface area contributed by atoms with Crippen molar-refractivity contribution in [3.63, 3.8) is 0 Å². The van der Waals surface area contributed by atoms with Gasteiger partial charge in [-0.25, -0.2) is 0 Å². The third-order valence-electron chi connectivity index (χ3n) is 2.83. The second kappa shape index (κ2) is 6.68. The summed E-state index contributed by atoms with van der Waals surface area (Å²) in [5.74, 6) is 0.772. The number of amidine groups is 1. The number of hydrogen-bond acceptors (Lipinski definition) is 4. The van der Waals surface area contributed by atoms with Gasteiger partial charge in [0.05, 0.1) is 20.3 Å². The van der Waals surface area contributed by atoms with Crippen molar-refractivity contribution >= 4 is 5.84 Å². The third kappa shape index (κ3) is 3.55. The summed E-state index contributed by atoms with van der Waals surface area (Å²) < 4.78 is 10.7. The lowest BCUT2D eigenvalue weighted by molar-refractivity contribution is 0.107. The lowest BCUT2D eigenvalue weighted by Crippen LogP contribution is -2.16. The van der Waals surface area contributed by atoms with Crippen molar-refractivity contribution in [2.45, 2.75) is 13.2 Å². The van der Waals surface area contributed by atoms with Gasteiger partial charge in [-0.1, -0.05) is 18.2 Å². The van der Waals surface area contributed by atoms with Crippen LogP contribution in [0.15, 0.2) is 42.6 Å². The van der Waals surface area contributed by atoms with Crippen LogP contribution in [0.1, 0.15) is 16.8 Å². The molecule has 0 aliphatic heterocycles. The highest BCUT2D eigenvalue weighted by Gasteiger charge is 2.06. The third-order valence-corrected chi connectivity index (χ3v) is 2.83. The summed E-state index contributed by atoms with van der Waals surface area (Å²) in [5, 5.41) is 7.47. The van der Waals surface area contributed by atoms with Crippen molar-refractivity contribution in [2.24, 2.45) is 5.73 Å². The topological polar surface area (TPSA) is 81.2 Å². The summed E-state index contributed by atoms with van der Waals surface area (Å²) in [7, 11) is 1.64. The highest BCUT2D eigenvalue weighted by molar-refractivity contribution is 5.94. The van der Waals surface area contributed by atoms with Crippen molar-refractivity contribution < 1.29 is 9.47 Å². The second-order valence-electron chi connectivity index (χ2n) is 4.27. The Kier molecular flexibility index (Phi) is 4.68. The Bertz CT molecular complexity index is 582. The molecule has 0 bridgehead atoms. The molecule has 104 valence electrons. The van der Waals surface area contributed by atoms with E-state index in [0.717, 1.165) is 16.9 Å². The normalized spacial score (nSPS) is 10.2. The maximum absolute atomic E-state index is 7.47. The molecule has 20 heavy (non-hydrogen) atoms. The van der Waals surface area contributed by atoms with Crippen LogP contribution >= 0.6 is 0 Å². The Morgan fingerprint density at radius 3 is 2.60 bits per heavy atom. The standard InChI is InChI=1S/C15H17N3O2/c1-19-13-6-4-11(5-7-13)9-20-10-12-3-2-8-18-14(12)15(16)17/h2-8H,9-10H2,1H3,(H3,16,17). The van der Waals surface area contributed by atoms with Crippen LogP contribution in [-0.2, 0) is 18.0 Å². The monoisotopic (exact) mass is 271 g/mol. The molecule has 0 saturated heterocycles. The van der Waals surface area contributed by atoms with Crippen LogP contribution in [0.2, 0.25) is 0 Å². The smallest absolute Gasteiger partial charge is 0.142 e. The van der Waals surface area contributed by atoms with E-state index in [-0.39, 0.29) is 5.84 Å². The molecule has 0 aliphatic carbocycles. The van der Waals surface area contributed by atoms with Gasteiger partial charge in [0.1, 0.15) is 17.3 Å². The molecule has 0 unspecified atom stereocenters. The SMILES string of the molecule is COc1ccc(COCc2cccnc2C(=N)N)cc1. The van der Waals surface area contributed by atoms with E-state index in [1.165, 1.54) is 0 Å². The van der Waals surface area contributed by atoms with Crippen molar-refractivity contribution in [3.8, 4) is 5.75 Å². The minimum absolute atomic E-state index is 0.0475. The van der Waals surface area contributed by atoms with Crippen molar-refractivity contribution in [3.05, 3.63) is 59.4 Å². The fourth-order valence-electron chi connectivity index (χ4n) is 1.80. The van der Waals surface area contributed by atoms with Gasteiger partial charge in [0.15, 0.2) is 0 Å². The van der Waals surface area contributed by atoms with Gasteiger partial charge in [-0.2, -0.15) is 0 Å². The predicted octanol–water partition coefficient (Wildman–Crippen LogP) is 2.09. The summed E-state index contributed by atoms with van der Waals surface area (Å²) in [6.07, 6.45) is 1.61. The molecule has 0 spiro atoms. The minimum atomic E-state index is -0.0475. The number of nitrogens with zero attached hydrogens (tertiary/aromatic N) is 1. The van der Waals surface area contributed by atoms with Crippen LogP contribution in [-0.4, -0.2) is 17.9 Å². The lowest BCUT2D eigenvalue weighted by atomic mass is 10.2. The highest BCUT2D eigenvalue weighted by atomic mass is 16.5. The number of benzene rings is 1. The molecule has 5 nitrogen and oxygen atoms in total. The average Bonchev–Trinajstić information content (AvgIpc) is 2.48. The maximum atomic E-state index is 7.47. The zero-order chi connectivity index (χ0) is 14.4. The van der Waals surface area contributed by atoms with Crippen LogP contribution in [0.4, 0.5) is 0 Å². The average molecular weight is 271 g/mol. The molecule has 0 saturated carbocycles. The maximum Gasteiger partial charge on any atom is 0.142 e. The fourth-order valence-corrected chi connectivity index (χ4v) is 1.80. The van der Waals surface area contributed by atoms with Crippen molar-refractivity contribution in [1.82, 2.24) is 4.98 Å². The van der Waals surface area contributed by atoms with Gasteiger partial charge in [0.2, 0.25) is 0 Å². The van der Waals surface area contributed by atoms with E-state index in [1.54, 1.807) is 19.4 Å². The van der Waals surface area contributed by atoms with E-state index in [1.807, 2.05) is 30.3 Å². The van der Waals surface area contributed by atoms with Gasteiger partial charge >= 0.3 is 0 Å². The Balaban J connectivity index is 1.94. The van der Waals surface area contributed by atoms with Crippen LogP contribution < -0.4 is 10.5 Å². The summed E-state index contributed by atoms with van der Waals surface area (Å²) in [6, 6.07) is 11.4. The van der Waals surface area contributed by atoms with Crippen LogP contribution in [0, 0.1) is 5.41 Å². The van der Waals surface area contributed by atoms with Gasteiger partial charge in [0.25, 0.3) is 0 Å².